The zero-order valence-electron chi connectivity index (χ0n) is 12.9. The van der Waals surface area contributed by atoms with Crippen molar-refractivity contribution in [2.75, 3.05) is 7.11 Å². The van der Waals surface area contributed by atoms with Gasteiger partial charge >= 0.3 is 0 Å². The number of ether oxygens (including phenoxy) is 1. The molecule has 0 radical (unpaired) electrons. The number of rotatable bonds is 6. The first-order valence-electron chi connectivity index (χ1n) is 7.23. The van der Waals surface area contributed by atoms with Gasteiger partial charge in [0.05, 0.1) is 11.6 Å². The minimum absolute atomic E-state index is 0.286. The Hall–Kier alpha value is -0.840. The molecule has 2 aromatic rings. The lowest BCUT2D eigenvalue weighted by Gasteiger charge is -2.20. The highest BCUT2D eigenvalue weighted by molar-refractivity contribution is 9.10. The van der Waals surface area contributed by atoms with Crippen molar-refractivity contribution in [1.29, 1.82) is 0 Å². The highest BCUT2D eigenvalue weighted by Crippen LogP contribution is 2.30. The maximum atomic E-state index is 5.28. The Morgan fingerprint density at radius 1 is 1.19 bits per heavy atom. The molecular weight excluding hydrogens is 346 g/mol. The van der Waals surface area contributed by atoms with Gasteiger partial charge in [0.2, 0.25) is 0 Å². The molecule has 0 aliphatic rings. The number of halogens is 1. The summed E-state index contributed by atoms with van der Waals surface area (Å²) in [5.41, 5.74) is 1.25. The highest BCUT2D eigenvalue weighted by Gasteiger charge is 2.14. The van der Waals surface area contributed by atoms with Crippen LogP contribution in [0.15, 0.2) is 34.8 Å². The van der Waals surface area contributed by atoms with E-state index in [9.17, 15) is 0 Å². The van der Waals surface area contributed by atoms with Crippen LogP contribution < -0.4 is 10.1 Å². The highest BCUT2D eigenvalue weighted by atomic mass is 79.9. The molecule has 0 aliphatic carbocycles. The van der Waals surface area contributed by atoms with E-state index in [0.29, 0.717) is 6.04 Å². The van der Waals surface area contributed by atoms with Gasteiger partial charge in [0.15, 0.2) is 0 Å². The van der Waals surface area contributed by atoms with E-state index in [1.807, 2.05) is 17.4 Å². The first-order valence-corrected chi connectivity index (χ1v) is 8.84. The number of nitrogens with one attached hydrogen (secondary N) is 1. The van der Waals surface area contributed by atoms with E-state index in [1.54, 1.807) is 7.11 Å². The summed E-state index contributed by atoms with van der Waals surface area (Å²) in [6, 6.07) is 11.3. The van der Waals surface area contributed by atoms with Gasteiger partial charge in [-0.15, -0.1) is 11.3 Å². The van der Waals surface area contributed by atoms with Crippen molar-refractivity contribution in [1.82, 2.24) is 5.32 Å². The lowest BCUT2D eigenvalue weighted by atomic mass is 10.1. The van der Waals surface area contributed by atoms with Crippen LogP contribution >= 0.6 is 27.3 Å². The van der Waals surface area contributed by atoms with Gasteiger partial charge in [0.25, 0.3) is 0 Å². The van der Waals surface area contributed by atoms with Gasteiger partial charge in [0, 0.05) is 21.8 Å². The lowest BCUT2D eigenvalue weighted by Crippen LogP contribution is -2.21. The molecule has 1 aromatic carbocycles. The number of benzene rings is 1. The van der Waals surface area contributed by atoms with Gasteiger partial charge in [0.1, 0.15) is 5.75 Å². The van der Waals surface area contributed by atoms with Crippen LogP contribution in [-0.2, 0) is 6.42 Å². The molecule has 4 heteroatoms. The molecule has 114 valence electrons. The van der Waals surface area contributed by atoms with Gasteiger partial charge in [-0.1, -0.05) is 13.0 Å². The summed E-state index contributed by atoms with van der Waals surface area (Å²) in [4.78, 5) is 2.84. The third-order valence-corrected chi connectivity index (χ3v) is 5.67. The second-order valence-electron chi connectivity index (χ2n) is 5.16. The van der Waals surface area contributed by atoms with Crippen LogP contribution in [-0.4, -0.2) is 7.11 Å². The molecule has 1 heterocycles. The van der Waals surface area contributed by atoms with E-state index < -0.39 is 0 Å². The van der Waals surface area contributed by atoms with Crippen LogP contribution in [0.4, 0.5) is 0 Å². The Labute approximate surface area is 139 Å². The maximum absolute atomic E-state index is 5.28. The summed E-state index contributed by atoms with van der Waals surface area (Å²) in [6.07, 6.45) is 1.11. The molecule has 0 saturated heterocycles. The predicted molar refractivity (Wildman–Crippen MR) is 94.4 cm³/mol. The minimum atomic E-state index is 0.286. The Bertz CT molecular complexity index is 596. The molecule has 1 aromatic heterocycles. The van der Waals surface area contributed by atoms with E-state index in [2.05, 4.69) is 66.3 Å². The quantitative estimate of drug-likeness (QED) is 0.728. The van der Waals surface area contributed by atoms with Crippen molar-refractivity contribution < 1.29 is 4.74 Å². The smallest absolute Gasteiger partial charge is 0.133 e. The van der Waals surface area contributed by atoms with Crippen LogP contribution in [0.25, 0.3) is 0 Å². The third kappa shape index (κ3) is 4.09. The second kappa shape index (κ2) is 7.43. The summed E-state index contributed by atoms with van der Waals surface area (Å²) in [5, 5.41) is 3.66. The molecule has 2 atom stereocenters. The number of methoxy groups -OCH3 is 1. The van der Waals surface area contributed by atoms with Crippen molar-refractivity contribution in [3.05, 3.63) is 50.1 Å². The summed E-state index contributed by atoms with van der Waals surface area (Å²) in [7, 11) is 1.69. The Kier molecular flexibility index (Phi) is 5.85. The van der Waals surface area contributed by atoms with Gasteiger partial charge in [-0.2, -0.15) is 0 Å². The fourth-order valence-electron chi connectivity index (χ4n) is 2.32. The van der Waals surface area contributed by atoms with E-state index in [4.69, 9.17) is 4.74 Å². The number of hydrogen-bond donors (Lipinski definition) is 1. The fourth-order valence-corrected chi connectivity index (χ4v) is 3.85. The molecule has 0 fully saturated rings. The van der Waals surface area contributed by atoms with Gasteiger partial charge in [-0.05, 0) is 66.0 Å². The van der Waals surface area contributed by atoms with Crippen LogP contribution in [0.1, 0.15) is 48.2 Å². The standard InChI is InChI=1S/C17H22BrNOS/c1-5-14-7-9-17(21-14)12(3)19-11(2)13-6-8-16(20-4)15(18)10-13/h6-12,19H,5H2,1-4H3. The van der Waals surface area contributed by atoms with Gasteiger partial charge in [-0.3, -0.25) is 0 Å². The summed E-state index contributed by atoms with van der Waals surface area (Å²) in [5.74, 6) is 0.866. The van der Waals surface area contributed by atoms with Crippen LogP contribution in [0.5, 0.6) is 5.75 Å². The molecule has 0 aliphatic heterocycles. The zero-order chi connectivity index (χ0) is 15.4. The van der Waals surface area contributed by atoms with E-state index >= 15 is 0 Å². The second-order valence-corrected chi connectivity index (χ2v) is 7.22. The SMILES string of the molecule is CCc1ccc(C(C)NC(C)c2ccc(OC)c(Br)c2)s1. The molecule has 2 unspecified atom stereocenters. The minimum Gasteiger partial charge on any atom is -0.496 e. The monoisotopic (exact) mass is 367 g/mol. The summed E-state index contributed by atoms with van der Waals surface area (Å²) >= 11 is 5.44. The van der Waals surface area contributed by atoms with E-state index in [1.165, 1.54) is 15.3 Å². The molecule has 1 N–H and O–H groups in total. The Balaban J connectivity index is 2.06. The summed E-state index contributed by atoms with van der Waals surface area (Å²) < 4.78 is 6.27. The molecule has 2 nitrogen and oxygen atoms in total. The largest absolute Gasteiger partial charge is 0.496 e. The molecule has 0 bridgehead atoms. The molecule has 0 amide bonds. The van der Waals surface area contributed by atoms with Crippen molar-refractivity contribution >= 4 is 27.3 Å². The molecular formula is C17H22BrNOS. The van der Waals surface area contributed by atoms with Crippen LogP contribution in [0.3, 0.4) is 0 Å². The van der Waals surface area contributed by atoms with Crippen molar-refractivity contribution in [3.8, 4) is 5.75 Å². The average molecular weight is 368 g/mol. The number of aryl methyl sites for hydroxylation is 1. The molecule has 0 spiro atoms. The van der Waals surface area contributed by atoms with Crippen LogP contribution in [0, 0.1) is 0 Å². The maximum Gasteiger partial charge on any atom is 0.133 e. The normalized spacial score (nSPS) is 14.0. The topological polar surface area (TPSA) is 21.3 Å². The predicted octanol–water partition coefficient (Wildman–Crippen LogP) is 5.49. The Morgan fingerprint density at radius 3 is 2.52 bits per heavy atom. The van der Waals surface area contributed by atoms with E-state index in [-0.39, 0.29) is 6.04 Å². The average Bonchev–Trinajstić information content (AvgIpc) is 2.96. The van der Waals surface area contributed by atoms with E-state index in [0.717, 1.165) is 16.6 Å². The van der Waals surface area contributed by atoms with Crippen molar-refractivity contribution in [3.63, 3.8) is 0 Å². The van der Waals surface area contributed by atoms with Crippen LogP contribution in [0.2, 0.25) is 0 Å². The van der Waals surface area contributed by atoms with Crippen molar-refractivity contribution in [2.24, 2.45) is 0 Å². The third-order valence-electron chi connectivity index (χ3n) is 3.63. The molecule has 0 saturated carbocycles. The van der Waals surface area contributed by atoms with Gasteiger partial charge < -0.3 is 10.1 Å². The number of thiophene rings is 1. The molecule has 21 heavy (non-hydrogen) atoms. The van der Waals surface area contributed by atoms with Crippen molar-refractivity contribution in [2.45, 2.75) is 39.3 Å². The summed E-state index contributed by atoms with van der Waals surface area (Å²) in [6.45, 7) is 6.62. The molecule has 2 rings (SSSR count). The Morgan fingerprint density at radius 2 is 1.95 bits per heavy atom. The number of hydrogen-bond acceptors (Lipinski definition) is 3. The zero-order valence-corrected chi connectivity index (χ0v) is 15.3. The fraction of sp³-hybridized carbons (Fsp3) is 0.412. The first kappa shape index (κ1) is 16.5. The lowest BCUT2D eigenvalue weighted by molar-refractivity contribution is 0.411. The first-order chi connectivity index (χ1) is 10.0. The van der Waals surface area contributed by atoms with Gasteiger partial charge in [-0.25, -0.2) is 0 Å².